The van der Waals surface area contributed by atoms with Crippen molar-refractivity contribution in [1.29, 1.82) is 0 Å². The molecule has 19 heavy (non-hydrogen) atoms. The second-order valence-electron chi connectivity index (χ2n) is 4.24. The number of ether oxygens (including phenoxy) is 2. The number of carbonyl (C=O) groups excluding carboxylic acids is 1. The zero-order valence-electron chi connectivity index (χ0n) is 10.9. The van der Waals surface area contributed by atoms with Gasteiger partial charge in [-0.15, -0.1) is 0 Å². The maximum Gasteiger partial charge on any atom is 0.332 e. The highest BCUT2D eigenvalue weighted by atomic mass is 127. The third-order valence-electron chi connectivity index (χ3n) is 2.71. The maximum atomic E-state index is 11.1. The Labute approximate surface area is 125 Å². The van der Waals surface area contributed by atoms with E-state index in [2.05, 4.69) is 37.5 Å². The van der Waals surface area contributed by atoms with Crippen LogP contribution in [0.15, 0.2) is 6.07 Å². The van der Waals surface area contributed by atoms with Crippen LogP contribution in [0.3, 0.4) is 0 Å². The minimum atomic E-state index is -0.312. The van der Waals surface area contributed by atoms with E-state index in [0.717, 1.165) is 28.4 Å². The molecule has 1 aromatic heterocycles. The number of carbonyl (C=O) groups is 1. The van der Waals surface area contributed by atoms with Gasteiger partial charge in [-0.25, -0.2) is 14.8 Å². The summed E-state index contributed by atoms with van der Waals surface area (Å²) in [6, 6.07) is 1.94. The molecule has 0 aliphatic carbocycles. The van der Waals surface area contributed by atoms with Crippen molar-refractivity contribution in [3.63, 3.8) is 0 Å². The van der Waals surface area contributed by atoms with E-state index >= 15 is 0 Å². The number of aromatic nitrogens is 2. The fourth-order valence-electron chi connectivity index (χ4n) is 1.80. The van der Waals surface area contributed by atoms with E-state index < -0.39 is 0 Å². The van der Waals surface area contributed by atoms with Gasteiger partial charge in [0.2, 0.25) is 0 Å². The highest BCUT2D eigenvalue weighted by Gasteiger charge is 2.29. The van der Waals surface area contributed by atoms with Crippen molar-refractivity contribution in [2.45, 2.75) is 20.0 Å². The largest absolute Gasteiger partial charge is 0.464 e. The number of nitrogens with zero attached hydrogens (tertiary/aromatic N) is 3. The zero-order chi connectivity index (χ0) is 13.8. The Balaban J connectivity index is 1.78. The first-order chi connectivity index (χ1) is 9.08. The van der Waals surface area contributed by atoms with Crippen LogP contribution >= 0.6 is 22.6 Å². The van der Waals surface area contributed by atoms with E-state index in [1.165, 1.54) is 0 Å². The second-order valence-corrected chi connectivity index (χ2v) is 5.34. The lowest BCUT2D eigenvalue weighted by molar-refractivity contribution is -0.151. The molecule has 2 rings (SSSR count). The summed E-state index contributed by atoms with van der Waals surface area (Å²) in [6.45, 7) is 5.55. The molecule has 1 aromatic rings. The molecule has 0 saturated carbocycles. The lowest BCUT2D eigenvalue weighted by Crippen LogP contribution is -2.53. The highest BCUT2D eigenvalue weighted by Crippen LogP contribution is 2.21. The Morgan fingerprint density at radius 2 is 2.26 bits per heavy atom. The van der Waals surface area contributed by atoms with Crippen LogP contribution in [0.4, 0.5) is 5.82 Å². The van der Waals surface area contributed by atoms with Crippen molar-refractivity contribution in [3.05, 3.63) is 15.6 Å². The summed E-state index contributed by atoms with van der Waals surface area (Å²) < 4.78 is 11.2. The van der Waals surface area contributed by atoms with Crippen LogP contribution in [0.5, 0.6) is 0 Å². The van der Waals surface area contributed by atoms with Crippen LogP contribution in [-0.4, -0.2) is 48.3 Å². The topological polar surface area (TPSA) is 64.6 Å². The van der Waals surface area contributed by atoms with Crippen molar-refractivity contribution in [2.75, 3.05) is 31.2 Å². The van der Waals surface area contributed by atoms with Crippen molar-refractivity contribution in [2.24, 2.45) is 0 Å². The van der Waals surface area contributed by atoms with Crippen LogP contribution in [0, 0.1) is 10.6 Å². The first-order valence-corrected chi connectivity index (χ1v) is 7.19. The molecule has 1 fully saturated rings. The number of esters is 1. The molecular formula is C12H16IN3O3. The molecular weight excluding hydrogens is 361 g/mol. The normalized spacial score (nSPS) is 15.2. The van der Waals surface area contributed by atoms with Crippen LogP contribution in [0.1, 0.15) is 12.7 Å². The van der Waals surface area contributed by atoms with Gasteiger partial charge in [0.1, 0.15) is 21.9 Å². The van der Waals surface area contributed by atoms with Crippen LogP contribution in [0.25, 0.3) is 0 Å². The molecule has 6 nitrogen and oxygen atoms in total. The summed E-state index contributed by atoms with van der Waals surface area (Å²) in [4.78, 5) is 21.9. The number of halogens is 1. The molecule has 0 unspecified atom stereocenters. The van der Waals surface area contributed by atoms with Gasteiger partial charge in [0, 0.05) is 19.2 Å². The summed E-state index contributed by atoms with van der Waals surface area (Å²) >= 11 is 2.17. The lowest BCUT2D eigenvalue weighted by Gasteiger charge is -2.39. The lowest BCUT2D eigenvalue weighted by atomic mass is 10.1. The van der Waals surface area contributed by atoms with Crippen LogP contribution in [0.2, 0.25) is 0 Å². The molecule has 1 saturated heterocycles. The SMILES string of the molecule is CCOC(=O)COC1CN(c2cc(I)nc(C)n2)C1. The molecule has 0 radical (unpaired) electrons. The van der Waals surface area contributed by atoms with Gasteiger partial charge >= 0.3 is 5.97 Å². The van der Waals surface area contributed by atoms with Gasteiger partial charge in [-0.05, 0) is 36.4 Å². The van der Waals surface area contributed by atoms with Gasteiger partial charge in [0.05, 0.1) is 12.7 Å². The van der Waals surface area contributed by atoms with Gasteiger partial charge < -0.3 is 14.4 Å². The number of aryl methyl sites for hydroxylation is 1. The third kappa shape index (κ3) is 4.00. The highest BCUT2D eigenvalue weighted by molar-refractivity contribution is 14.1. The van der Waals surface area contributed by atoms with Crippen LogP contribution in [-0.2, 0) is 14.3 Å². The van der Waals surface area contributed by atoms with Gasteiger partial charge in [0.15, 0.2) is 0 Å². The summed E-state index contributed by atoms with van der Waals surface area (Å²) in [6.07, 6.45) is 0.0670. The van der Waals surface area contributed by atoms with E-state index in [4.69, 9.17) is 9.47 Å². The Morgan fingerprint density at radius 1 is 1.53 bits per heavy atom. The van der Waals surface area contributed by atoms with Gasteiger partial charge in [0.25, 0.3) is 0 Å². The molecule has 0 amide bonds. The molecule has 0 spiro atoms. The monoisotopic (exact) mass is 377 g/mol. The zero-order valence-corrected chi connectivity index (χ0v) is 13.1. The fourth-order valence-corrected chi connectivity index (χ4v) is 2.43. The molecule has 0 aromatic carbocycles. The molecule has 0 bridgehead atoms. The first kappa shape index (κ1) is 14.4. The quantitative estimate of drug-likeness (QED) is 0.436. The first-order valence-electron chi connectivity index (χ1n) is 6.12. The molecule has 0 N–H and O–H groups in total. The Morgan fingerprint density at radius 3 is 2.89 bits per heavy atom. The van der Waals surface area contributed by atoms with Gasteiger partial charge in [-0.3, -0.25) is 0 Å². The predicted molar refractivity (Wildman–Crippen MR) is 78.1 cm³/mol. The molecule has 1 aliphatic heterocycles. The minimum Gasteiger partial charge on any atom is -0.464 e. The smallest absolute Gasteiger partial charge is 0.332 e. The summed E-state index contributed by atoms with van der Waals surface area (Å²) in [7, 11) is 0. The summed E-state index contributed by atoms with van der Waals surface area (Å²) in [5, 5.41) is 0. The van der Waals surface area contributed by atoms with E-state index in [1.54, 1.807) is 6.92 Å². The predicted octanol–water partition coefficient (Wildman–Crippen LogP) is 1.16. The molecule has 7 heteroatoms. The van der Waals surface area contributed by atoms with E-state index in [1.807, 2.05) is 13.0 Å². The molecule has 1 aliphatic rings. The van der Waals surface area contributed by atoms with E-state index in [9.17, 15) is 4.79 Å². The summed E-state index contributed by atoms with van der Waals surface area (Å²) in [5.74, 6) is 1.36. The molecule has 2 heterocycles. The average molecular weight is 377 g/mol. The van der Waals surface area contributed by atoms with Crippen LogP contribution < -0.4 is 4.90 Å². The number of hydrogen-bond donors (Lipinski definition) is 0. The third-order valence-corrected chi connectivity index (χ3v) is 3.26. The van der Waals surface area contributed by atoms with Crippen molar-refractivity contribution >= 4 is 34.4 Å². The van der Waals surface area contributed by atoms with E-state index in [-0.39, 0.29) is 18.7 Å². The van der Waals surface area contributed by atoms with Crippen molar-refractivity contribution in [1.82, 2.24) is 9.97 Å². The van der Waals surface area contributed by atoms with E-state index in [0.29, 0.717) is 6.61 Å². The standard InChI is InChI=1S/C12H16IN3O3/c1-3-18-12(17)7-19-9-5-16(6-9)11-4-10(13)14-8(2)15-11/h4,9H,3,5-7H2,1-2H3. The maximum absolute atomic E-state index is 11.1. The molecule has 0 atom stereocenters. The second kappa shape index (κ2) is 6.47. The Bertz CT molecular complexity index is 443. The van der Waals surface area contributed by atoms with Crippen molar-refractivity contribution in [3.8, 4) is 0 Å². The molecule has 104 valence electrons. The van der Waals surface area contributed by atoms with Crippen molar-refractivity contribution < 1.29 is 14.3 Å². The fraction of sp³-hybridized carbons (Fsp3) is 0.583. The minimum absolute atomic E-state index is 0.0205. The number of hydrogen-bond acceptors (Lipinski definition) is 6. The summed E-state index contributed by atoms with van der Waals surface area (Å²) in [5.41, 5.74) is 0. The van der Waals surface area contributed by atoms with Gasteiger partial charge in [-0.1, -0.05) is 0 Å². The van der Waals surface area contributed by atoms with Gasteiger partial charge in [-0.2, -0.15) is 0 Å². The number of rotatable bonds is 5. The Hall–Kier alpha value is -0.960. The number of anilines is 1. The average Bonchev–Trinajstić information content (AvgIpc) is 2.25. The Kier molecular flexibility index (Phi) is 4.92.